The van der Waals surface area contributed by atoms with Crippen molar-refractivity contribution in [2.75, 3.05) is 0 Å². The van der Waals surface area contributed by atoms with Crippen LogP contribution in [0.4, 0.5) is 0 Å². The zero-order valence-corrected chi connectivity index (χ0v) is 9.74. The molecular weight excluding hydrogens is 186 g/mol. The lowest BCUT2D eigenvalue weighted by Crippen LogP contribution is -2.32. The minimum absolute atomic E-state index is 0.715. The fraction of sp³-hybridized carbons (Fsp3) is 0.750. The highest BCUT2D eigenvalue weighted by molar-refractivity contribution is 4.92. The van der Waals surface area contributed by atoms with Crippen LogP contribution in [0.1, 0.15) is 38.4 Å². The molecule has 1 aromatic rings. The van der Waals surface area contributed by atoms with Gasteiger partial charge in [0, 0.05) is 25.5 Å². The molecule has 3 nitrogen and oxygen atoms in total. The molecule has 1 saturated carbocycles. The van der Waals surface area contributed by atoms with Crippen LogP contribution in [0.25, 0.3) is 0 Å². The number of aryl methyl sites for hydroxylation is 1. The SMILES string of the molecule is CCC1CCCC1NCc1nccn1C. The molecule has 1 aromatic heterocycles. The minimum Gasteiger partial charge on any atom is -0.337 e. The van der Waals surface area contributed by atoms with E-state index in [1.165, 1.54) is 25.7 Å². The Morgan fingerprint density at radius 1 is 1.53 bits per heavy atom. The third-order valence-electron chi connectivity index (χ3n) is 3.63. The number of nitrogens with one attached hydrogen (secondary N) is 1. The van der Waals surface area contributed by atoms with Gasteiger partial charge in [-0.25, -0.2) is 4.98 Å². The molecule has 2 atom stereocenters. The minimum atomic E-state index is 0.715. The number of nitrogens with zero attached hydrogens (tertiary/aromatic N) is 2. The lowest BCUT2D eigenvalue weighted by Gasteiger charge is -2.19. The van der Waals surface area contributed by atoms with Gasteiger partial charge in [0.15, 0.2) is 0 Å². The zero-order valence-electron chi connectivity index (χ0n) is 9.74. The second-order valence-corrected chi connectivity index (χ2v) is 4.54. The summed E-state index contributed by atoms with van der Waals surface area (Å²) in [4.78, 5) is 4.33. The Morgan fingerprint density at radius 2 is 2.40 bits per heavy atom. The summed E-state index contributed by atoms with van der Waals surface area (Å²) < 4.78 is 2.09. The van der Waals surface area contributed by atoms with Crippen molar-refractivity contribution in [3.8, 4) is 0 Å². The maximum Gasteiger partial charge on any atom is 0.122 e. The van der Waals surface area contributed by atoms with Crippen LogP contribution in [0.3, 0.4) is 0 Å². The molecule has 2 unspecified atom stereocenters. The summed E-state index contributed by atoms with van der Waals surface area (Å²) in [5.74, 6) is 2.02. The summed E-state index contributed by atoms with van der Waals surface area (Å²) in [5.41, 5.74) is 0. The molecule has 15 heavy (non-hydrogen) atoms. The van der Waals surface area contributed by atoms with Crippen LogP contribution in [-0.4, -0.2) is 15.6 Å². The average molecular weight is 207 g/mol. The van der Waals surface area contributed by atoms with E-state index in [2.05, 4.69) is 28.8 Å². The first-order valence-corrected chi connectivity index (χ1v) is 6.01. The maximum absolute atomic E-state index is 4.33. The van der Waals surface area contributed by atoms with Gasteiger partial charge in [-0.1, -0.05) is 19.8 Å². The van der Waals surface area contributed by atoms with E-state index in [1.54, 1.807) is 0 Å². The smallest absolute Gasteiger partial charge is 0.122 e. The van der Waals surface area contributed by atoms with Gasteiger partial charge in [0.05, 0.1) is 6.54 Å². The Kier molecular flexibility index (Phi) is 3.41. The summed E-state index contributed by atoms with van der Waals surface area (Å²) in [6, 6.07) is 0.715. The highest BCUT2D eigenvalue weighted by atomic mass is 15.1. The number of imidazole rings is 1. The predicted octanol–water partition coefficient (Wildman–Crippen LogP) is 2.09. The van der Waals surface area contributed by atoms with Crippen molar-refractivity contribution < 1.29 is 0 Å². The largest absolute Gasteiger partial charge is 0.337 e. The molecule has 2 rings (SSSR count). The second kappa shape index (κ2) is 4.79. The molecule has 0 spiro atoms. The molecule has 0 saturated heterocycles. The summed E-state index contributed by atoms with van der Waals surface area (Å²) >= 11 is 0. The second-order valence-electron chi connectivity index (χ2n) is 4.54. The summed E-state index contributed by atoms with van der Waals surface area (Å²) in [7, 11) is 2.05. The van der Waals surface area contributed by atoms with E-state index in [0.717, 1.165) is 18.3 Å². The molecule has 84 valence electrons. The van der Waals surface area contributed by atoms with Crippen molar-refractivity contribution in [2.45, 2.75) is 45.2 Å². The van der Waals surface area contributed by atoms with E-state index in [1.807, 2.05) is 12.4 Å². The Balaban J connectivity index is 1.85. The number of rotatable bonds is 4. The van der Waals surface area contributed by atoms with Gasteiger partial charge in [0.1, 0.15) is 5.82 Å². The lowest BCUT2D eigenvalue weighted by atomic mass is 10.0. The fourth-order valence-corrected chi connectivity index (χ4v) is 2.58. The van der Waals surface area contributed by atoms with Crippen molar-refractivity contribution in [2.24, 2.45) is 13.0 Å². The van der Waals surface area contributed by atoms with Gasteiger partial charge in [-0.2, -0.15) is 0 Å². The Morgan fingerprint density at radius 3 is 3.07 bits per heavy atom. The summed E-state index contributed by atoms with van der Waals surface area (Å²) in [6.45, 7) is 3.20. The van der Waals surface area contributed by atoms with E-state index in [0.29, 0.717) is 6.04 Å². The molecule has 1 fully saturated rings. The van der Waals surface area contributed by atoms with Crippen LogP contribution in [0.15, 0.2) is 12.4 Å². The van der Waals surface area contributed by atoms with Crippen LogP contribution >= 0.6 is 0 Å². The monoisotopic (exact) mass is 207 g/mol. The molecule has 0 bridgehead atoms. The summed E-state index contributed by atoms with van der Waals surface area (Å²) in [5, 5.41) is 3.64. The van der Waals surface area contributed by atoms with Gasteiger partial charge in [-0.05, 0) is 18.8 Å². The molecular formula is C12H21N3. The Labute approximate surface area is 91.9 Å². The van der Waals surface area contributed by atoms with E-state index in [-0.39, 0.29) is 0 Å². The summed E-state index contributed by atoms with van der Waals surface area (Å²) in [6.07, 6.45) is 9.29. The average Bonchev–Trinajstić information content (AvgIpc) is 2.83. The van der Waals surface area contributed by atoms with Crippen molar-refractivity contribution in [1.82, 2.24) is 14.9 Å². The quantitative estimate of drug-likeness (QED) is 0.819. The number of hydrogen-bond acceptors (Lipinski definition) is 2. The van der Waals surface area contributed by atoms with Crippen LogP contribution in [0.5, 0.6) is 0 Å². The highest BCUT2D eigenvalue weighted by Crippen LogP contribution is 2.28. The first kappa shape index (κ1) is 10.7. The van der Waals surface area contributed by atoms with Gasteiger partial charge >= 0.3 is 0 Å². The third kappa shape index (κ3) is 2.40. The number of hydrogen-bond donors (Lipinski definition) is 1. The first-order valence-electron chi connectivity index (χ1n) is 6.01. The van der Waals surface area contributed by atoms with E-state index in [9.17, 15) is 0 Å². The third-order valence-corrected chi connectivity index (χ3v) is 3.63. The fourth-order valence-electron chi connectivity index (χ4n) is 2.58. The van der Waals surface area contributed by atoms with E-state index < -0.39 is 0 Å². The van der Waals surface area contributed by atoms with Gasteiger partial charge in [0.2, 0.25) is 0 Å². The molecule has 1 aliphatic carbocycles. The highest BCUT2D eigenvalue weighted by Gasteiger charge is 2.25. The molecule has 0 aromatic carbocycles. The van der Waals surface area contributed by atoms with Crippen LogP contribution in [0.2, 0.25) is 0 Å². The normalized spacial score (nSPS) is 26.0. The maximum atomic E-state index is 4.33. The molecule has 0 radical (unpaired) electrons. The van der Waals surface area contributed by atoms with E-state index in [4.69, 9.17) is 0 Å². The molecule has 0 aliphatic heterocycles. The van der Waals surface area contributed by atoms with Gasteiger partial charge in [-0.15, -0.1) is 0 Å². The van der Waals surface area contributed by atoms with Crippen molar-refractivity contribution in [3.63, 3.8) is 0 Å². The molecule has 0 amide bonds. The van der Waals surface area contributed by atoms with Crippen LogP contribution in [0, 0.1) is 5.92 Å². The Hall–Kier alpha value is -0.830. The Bertz CT molecular complexity index is 306. The van der Waals surface area contributed by atoms with Gasteiger partial charge < -0.3 is 9.88 Å². The van der Waals surface area contributed by atoms with Crippen molar-refractivity contribution in [1.29, 1.82) is 0 Å². The van der Waals surface area contributed by atoms with Gasteiger partial charge in [0.25, 0.3) is 0 Å². The molecule has 3 heteroatoms. The zero-order chi connectivity index (χ0) is 10.7. The molecule has 1 heterocycles. The predicted molar refractivity (Wildman–Crippen MR) is 61.5 cm³/mol. The standard InChI is InChI=1S/C12H21N3/c1-3-10-5-4-6-11(10)14-9-12-13-7-8-15(12)2/h7-8,10-11,14H,3-6,9H2,1-2H3. The first-order chi connectivity index (χ1) is 7.31. The van der Waals surface area contributed by atoms with E-state index >= 15 is 0 Å². The molecule has 1 aliphatic rings. The number of aromatic nitrogens is 2. The van der Waals surface area contributed by atoms with Gasteiger partial charge in [-0.3, -0.25) is 0 Å². The topological polar surface area (TPSA) is 29.9 Å². The van der Waals surface area contributed by atoms with Crippen LogP contribution in [-0.2, 0) is 13.6 Å². The van der Waals surface area contributed by atoms with Crippen molar-refractivity contribution in [3.05, 3.63) is 18.2 Å². The van der Waals surface area contributed by atoms with Crippen LogP contribution < -0.4 is 5.32 Å². The van der Waals surface area contributed by atoms with Crippen molar-refractivity contribution >= 4 is 0 Å². The lowest BCUT2D eigenvalue weighted by molar-refractivity contribution is 0.384. The molecule has 1 N–H and O–H groups in total.